The molecule has 1 unspecified atom stereocenters. The van der Waals surface area contributed by atoms with Crippen molar-refractivity contribution in [2.24, 2.45) is 11.1 Å². The molecule has 29 heavy (non-hydrogen) atoms. The van der Waals surface area contributed by atoms with Crippen molar-refractivity contribution in [3.8, 4) is 0 Å². The van der Waals surface area contributed by atoms with E-state index in [2.05, 4.69) is 19.9 Å². The predicted octanol–water partition coefficient (Wildman–Crippen LogP) is 3.28. The molecule has 156 valence electrons. The Hall–Kier alpha value is -1.84. The van der Waals surface area contributed by atoms with Gasteiger partial charge in [-0.15, -0.1) is 0 Å². The maximum absolute atomic E-state index is 14.5. The first-order chi connectivity index (χ1) is 13.7. The summed E-state index contributed by atoms with van der Waals surface area (Å²) in [4.78, 5) is 15.8. The van der Waals surface area contributed by atoms with Gasteiger partial charge < -0.3 is 22.1 Å². The minimum Gasteiger partial charge on any atom is -0.382 e. The molecular formula is C19H25ClFN7S. The van der Waals surface area contributed by atoms with Gasteiger partial charge in [-0.1, -0.05) is 23.4 Å². The van der Waals surface area contributed by atoms with Crippen LogP contribution in [0.2, 0.25) is 5.02 Å². The van der Waals surface area contributed by atoms with Crippen molar-refractivity contribution in [3.63, 3.8) is 0 Å². The van der Waals surface area contributed by atoms with Crippen molar-refractivity contribution in [1.29, 1.82) is 0 Å². The summed E-state index contributed by atoms with van der Waals surface area (Å²) in [6.45, 7) is 3.19. The van der Waals surface area contributed by atoms with E-state index in [4.69, 9.17) is 28.8 Å². The lowest BCUT2D eigenvalue weighted by molar-refractivity contribution is 0.142. The van der Waals surface area contributed by atoms with Gasteiger partial charge in [0.15, 0.2) is 5.82 Å². The fraction of sp³-hybridized carbons (Fsp3) is 0.526. The van der Waals surface area contributed by atoms with Crippen molar-refractivity contribution in [2.45, 2.75) is 54.2 Å². The summed E-state index contributed by atoms with van der Waals surface area (Å²) in [6, 6.07) is 1.67. The quantitative estimate of drug-likeness (QED) is 0.669. The highest BCUT2D eigenvalue weighted by molar-refractivity contribution is 7.99. The molecule has 6 N–H and O–H groups in total. The zero-order chi connectivity index (χ0) is 20.8. The Balaban J connectivity index is 1.46. The van der Waals surface area contributed by atoms with Crippen LogP contribution in [0.15, 0.2) is 28.4 Å². The smallest absolute Gasteiger partial charge is 0.158 e. The van der Waals surface area contributed by atoms with Crippen LogP contribution in [-0.2, 0) is 0 Å². The van der Waals surface area contributed by atoms with E-state index in [1.54, 1.807) is 25.4 Å². The van der Waals surface area contributed by atoms with Gasteiger partial charge in [-0.2, -0.15) is 0 Å². The first-order valence-electron chi connectivity index (χ1n) is 9.59. The van der Waals surface area contributed by atoms with Gasteiger partial charge in [0.2, 0.25) is 0 Å². The van der Waals surface area contributed by atoms with Gasteiger partial charge in [-0.05, 0) is 44.1 Å². The van der Waals surface area contributed by atoms with Gasteiger partial charge in [-0.25, -0.2) is 19.3 Å². The Labute approximate surface area is 178 Å². The molecule has 2 aromatic rings. The molecule has 10 heteroatoms. The second kappa shape index (κ2) is 7.45. The van der Waals surface area contributed by atoms with E-state index in [1.807, 2.05) is 0 Å². The van der Waals surface area contributed by atoms with E-state index in [0.717, 1.165) is 36.6 Å². The zero-order valence-electron chi connectivity index (χ0n) is 16.2. The minimum absolute atomic E-state index is 0.0906. The van der Waals surface area contributed by atoms with E-state index in [1.165, 1.54) is 11.8 Å². The second-order valence-electron chi connectivity index (χ2n) is 8.28. The van der Waals surface area contributed by atoms with Crippen LogP contribution in [0.1, 0.15) is 32.6 Å². The Morgan fingerprint density at radius 3 is 2.59 bits per heavy atom. The van der Waals surface area contributed by atoms with E-state index in [9.17, 15) is 4.39 Å². The maximum atomic E-state index is 14.5. The fourth-order valence-electron chi connectivity index (χ4n) is 4.58. The number of pyridine rings is 1. The molecule has 0 bridgehead atoms. The standard InChI is InChI=1S/C19H25ClFN7S/c1-18(21)8-12(22)19(10-18)3-6-28(7-4-19)13-9-26-17(16(24)27-13)29-11-2-5-25-15(23)14(11)20/h2,5,9,12H,3-4,6-8,10,22H2,1H3,(H2,23,25)(H2,24,27)/t12-,18?/m1/s1. The highest BCUT2D eigenvalue weighted by Crippen LogP contribution is 2.51. The van der Waals surface area contributed by atoms with E-state index in [0.29, 0.717) is 28.7 Å². The molecule has 0 amide bonds. The number of rotatable bonds is 3. The number of nitrogens with two attached hydrogens (primary N) is 3. The summed E-state index contributed by atoms with van der Waals surface area (Å²) in [5.41, 5.74) is 16.9. The van der Waals surface area contributed by atoms with Crippen LogP contribution in [0.5, 0.6) is 0 Å². The first-order valence-corrected chi connectivity index (χ1v) is 10.8. The lowest BCUT2D eigenvalue weighted by atomic mass is 9.74. The molecule has 2 atom stereocenters. The average Bonchev–Trinajstić information content (AvgIpc) is 2.89. The number of alkyl halides is 1. The lowest BCUT2D eigenvalue weighted by Crippen LogP contribution is -2.47. The molecule has 4 rings (SSSR count). The van der Waals surface area contributed by atoms with Gasteiger partial charge in [0, 0.05) is 30.2 Å². The third-order valence-corrected chi connectivity index (χ3v) is 7.65. The summed E-state index contributed by atoms with van der Waals surface area (Å²) in [5, 5.41) is 0.928. The molecule has 2 aromatic heterocycles. The summed E-state index contributed by atoms with van der Waals surface area (Å²) in [6.07, 6.45) is 5.96. The number of hydrogen-bond acceptors (Lipinski definition) is 8. The van der Waals surface area contributed by atoms with Gasteiger partial charge in [0.05, 0.1) is 11.2 Å². The van der Waals surface area contributed by atoms with E-state index in [-0.39, 0.29) is 17.3 Å². The molecule has 0 radical (unpaired) electrons. The maximum Gasteiger partial charge on any atom is 0.158 e. The summed E-state index contributed by atoms with van der Waals surface area (Å²) < 4.78 is 14.5. The molecular weight excluding hydrogens is 413 g/mol. The largest absolute Gasteiger partial charge is 0.382 e. The number of nitrogen functional groups attached to an aromatic ring is 2. The van der Waals surface area contributed by atoms with Gasteiger partial charge in [0.25, 0.3) is 0 Å². The summed E-state index contributed by atoms with van der Waals surface area (Å²) in [7, 11) is 0. The molecule has 1 saturated carbocycles. The number of anilines is 3. The highest BCUT2D eigenvalue weighted by atomic mass is 35.5. The van der Waals surface area contributed by atoms with Crippen LogP contribution < -0.4 is 22.1 Å². The number of nitrogens with zero attached hydrogens (tertiary/aromatic N) is 4. The first kappa shape index (κ1) is 20.4. The SMILES string of the molecule is CC1(F)C[C@@H](N)C2(CCN(c3cnc(Sc4ccnc(N)c4Cl)c(N)n3)CC2)C1. The third kappa shape index (κ3) is 3.95. The lowest BCUT2D eigenvalue weighted by Gasteiger charge is -2.42. The Kier molecular flexibility index (Phi) is 5.25. The Morgan fingerprint density at radius 2 is 1.97 bits per heavy atom. The molecule has 2 fully saturated rings. The fourth-order valence-corrected chi connectivity index (χ4v) is 5.59. The molecule has 1 aliphatic carbocycles. The van der Waals surface area contributed by atoms with Crippen molar-refractivity contribution >= 4 is 40.8 Å². The number of aromatic nitrogens is 3. The minimum atomic E-state index is -1.16. The number of hydrogen-bond donors (Lipinski definition) is 3. The van der Waals surface area contributed by atoms with E-state index < -0.39 is 5.67 Å². The topological polar surface area (TPSA) is 120 Å². The van der Waals surface area contributed by atoms with Crippen LogP contribution in [0.3, 0.4) is 0 Å². The average molecular weight is 438 g/mol. The van der Waals surface area contributed by atoms with Crippen molar-refractivity contribution in [3.05, 3.63) is 23.5 Å². The molecule has 1 spiro atoms. The van der Waals surface area contributed by atoms with Crippen LogP contribution >= 0.6 is 23.4 Å². The zero-order valence-corrected chi connectivity index (χ0v) is 17.8. The molecule has 0 aromatic carbocycles. The summed E-state index contributed by atoms with van der Waals surface area (Å²) in [5.74, 6) is 1.31. The second-order valence-corrected chi connectivity index (χ2v) is 9.69. The molecule has 1 aliphatic heterocycles. The number of halogens is 2. The normalized spacial score (nSPS) is 26.2. The van der Waals surface area contributed by atoms with Crippen LogP contribution in [-0.4, -0.2) is 39.8 Å². The van der Waals surface area contributed by atoms with Gasteiger partial charge in [-0.3, -0.25) is 0 Å². The number of piperidine rings is 1. The molecule has 2 aliphatic rings. The van der Waals surface area contributed by atoms with Crippen molar-refractivity contribution < 1.29 is 4.39 Å². The highest BCUT2D eigenvalue weighted by Gasteiger charge is 2.52. The van der Waals surface area contributed by atoms with Gasteiger partial charge >= 0.3 is 0 Å². The summed E-state index contributed by atoms with van der Waals surface area (Å²) >= 11 is 7.50. The predicted molar refractivity (Wildman–Crippen MR) is 115 cm³/mol. The Bertz CT molecular complexity index is 917. The Morgan fingerprint density at radius 1 is 1.24 bits per heavy atom. The monoisotopic (exact) mass is 437 g/mol. The third-order valence-electron chi connectivity index (χ3n) is 6.07. The molecule has 7 nitrogen and oxygen atoms in total. The van der Waals surface area contributed by atoms with Crippen LogP contribution in [0.25, 0.3) is 0 Å². The molecule has 1 saturated heterocycles. The van der Waals surface area contributed by atoms with Crippen molar-refractivity contribution in [1.82, 2.24) is 15.0 Å². The van der Waals surface area contributed by atoms with Crippen LogP contribution in [0.4, 0.5) is 21.8 Å². The van der Waals surface area contributed by atoms with Gasteiger partial charge in [0.1, 0.15) is 22.3 Å². The van der Waals surface area contributed by atoms with E-state index >= 15 is 0 Å². The molecule has 3 heterocycles. The van der Waals surface area contributed by atoms with Crippen molar-refractivity contribution in [2.75, 3.05) is 29.5 Å². The van der Waals surface area contributed by atoms with Crippen LogP contribution in [0, 0.1) is 5.41 Å².